The van der Waals surface area contributed by atoms with Crippen LogP contribution >= 0.6 is 0 Å². The molecule has 1 aromatic rings. The third-order valence-corrected chi connectivity index (χ3v) is 0.854. The summed E-state index contributed by atoms with van der Waals surface area (Å²) in [6, 6.07) is 2.80. The standard InChI is InChI=1S/C5H7N3O/c6-3-1-4(7)8-5(9)2-3/h1-2H,(H5,6,7,8,9). The van der Waals surface area contributed by atoms with Crippen molar-refractivity contribution in [2.24, 2.45) is 0 Å². The maximum Gasteiger partial charge on any atom is 0.214 e. The van der Waals surface area contributed by atoms with Crippen LogP contribution in [0, 0.1) is 0 Å². The Morgan fingerprint density at radius 3 is 2.44 bits per heavy atom. The molecule has 1 heterocycles. The summed E-state index contributed by atoms with van der Waals surface area (Å²) in [7, 11) is 0. The zero-order valence-electron chi connectivity index (χ0n) is 4.70. The number of rotatable bonds is 0. The molecule has 0 saturated carbocycles. The highest BCUT2D eigenvalue weighted by molar-refractivity contribution is 5.49. The summed E-state index contributed by atoms with van der Waals surface area (Å²) in [5.74, 6) is 0.0833. The molecule has 0 saturated heterocycles. The predicted molar refractivity (Wildman–Crippen MR) is 34.7 cm³/mol. The molecular weight excluding hydrogens is 118 g/mol. The summed E-state index contributed by atoms with van der Waals surface area (Å²) in [5, 5.41) is 8.72. The maximum absolute atomic E-state index is 8.72. The van der Waals surface area contributed by atoms with E-state index in [1.807, 2.05) is 0 Å². The molecule has 0 radical (unpaired) electrons. The summed E-state index contributed by atoms with van der Waals surface area (Å²) >= 11 is 0. The van der Waals surface area contributed by atoms with Crippen molar-refractivity contribution in [1.82, 2.24) is 4.98 Å². The second kappa shape index (κ2) is 1.81. The van der Waals surface area contributed by atoms with Gasteiger partial charge in [-0.2, -0.15) is 4.98 Å². The Morgan fingerprint density at radius 2 is 2.00 bits per heavy atom. The maximum atomic E-state index is 8.72. The second-order valence-corrected chi connectivity index (χ2v) is 1.68. The quantitative estimate of drug-likeness (QED) is 0.454. The van der Waals surface area contributed by atoms with Gasteiger partial charge in [0, 0.05) is 17.8 Å². The SMILES string of the molecule is Nc1cc(N)nc(O)c1. The Balaban J connectivity index is 3.17. The molecule has 0 atom stereocenters. The second-order valence-electron chi connectivity index (χ2n) is 1.68. The number of aromatic nitrogens is 1. The molecule has 0 spiro atoms. The summed E-state index contributed by atoms with van der Waals surface area (Å²) in [5.41, 5.74) is 10.9. The molecule has 1 rings (SSSR count). The number of aromatic hydroxyl groups is 1. The van der Waals surface area contributed by atoms with E-state index in [9.17, 15) is 0 Å². The highest BCUT2D eigenvalue weighted by Gasteiger charge is 1.92. The van der Waals surface area contributed by atoms with Gasteiger partial charge in [-0.05, 0) is 0 Å². The minimum Gasteiger partial charge on any atom is -0.493 e. The summed E-state index contributed by atoms with van der Waals surface area (Å²) in [4.78, 5) is 3.49. The zero-order chi connectivity index (χ0) is 6.85. The number of nitrogens with two attached hydrogens (primary N) is 2. The van der Waals surface area contributed by atoms with Gasteiger partial charge in [0.15, 0.2) is 0 Å². The number of nitrogens with zero attached hydrogens (tertiary/aromatic N) is 1. The van der Waals surface area contributed by atoms with Gasteiger partial charge in [-0.1, -0.05) is 0 Å². The average Bonchev–Trinajstić information content (AvgIpc) is 1.59. The molecule has 5 N–H and O–H groups in total. The van der Waals surface area contributed by atoms with Gasteiger partial charge in [-0.3, -0.25) is 0 Å². The molecule has 0 aliphatic heterocycles. The molecule has 0 unspecified atom stereocenters. The van der Waals surface area contributed by atoms with Crippen LogP contribution in [0.2, 0.25) is 0 Å². The third kappa shape index (κ3) is 1.22. The van der Waals surface area contributed by atoms with Gasteiger partial charge in [-0.15, -0.1) is 0 Å². The lowest BCUT2D eigenvalue weighted by Gasteiger charge is -1.94. The number of hydrogen-bond donors (Lipinski definition) is 3. The molecule has 1 aromatic heterocycles. The molecular formula is C5H7N3O. The summed E-state index contributed by atoms with van der Waals surface area (Å²) < 4.78 is 0. The van der Waals surface area contributed by atoms with Gasteiger partial charge in [0.2, 0.25) is 5.88 Å². The van der Waals surface area contributed by atoms with Crippen molar-refractivity contribution in [3.63, 3.8) is 0 Å². The van der Waals surface area contributed by atoms with E-state index in [0.717, 1.165) is 0 Å². The van der Waals surface area contributed by atoms with Crippen LogP contribution in [0.5, 0.6) is 5.88 Å². The first kappa shape index (κ1) is 5.68. The van der Waals surface area contributed by atoms with Crippen LogP contribution in [0.4, 0.5) is 11.5 Å². The molecule has 0 aromatic carbocycles. The van der Waals surface area contributed by atoms with E-state index in [1.54, 1.807) is 0 Å². The largest absolute Gasteiger partial charge is 0.493 e. The Morgan fingerprint density at radius 1 is 1.33 bits per heavy atom. The van der Waals surface area contributed by atoms with Crippen molar-refractivity contribution < 1.29 is 5.11 Å². The van der Waals surface area contributed by atoms with E-state index in [0.29, 0.717) is 5.69 Å². The molecule has 0 fully saturated rings. The van der Waals surface area contributed by atoms with Crippen molar-refractivity contribution in [1.29, 1.82) is 0 Å². The highest BCUT2D eigenvalue weighted by atomic mass is 16.3. The minimum atomic E-state index is -0.146. The Hall–Kier alpha value is -1.45. The Bertz CT molecular complexity index is 173. The molecule has 0 amide bonds. The topological polar surface area (TPSA) is 85.2 Å². The lowest BCUT2D eigenvalue weighted by molar-refractivity contribution is 0.455. The number of nitrogen functional groups attached to an aromatic ring is 2. The van der Waals surface area contributed by atoms with Crippen LogP contribution in [0.25, 0.3) is 0 Å². The highest BCUT2D eigenvalue weighted by Crippen LogP contribution is 2.12. The molecule has 48 valence electrons. The zero-order valence-corrected chi connectivity index (χ0v) is 4.70. The Kier molecular flexibility index (Phi) is 1.14. The van der Waals surface area contributed by atoms with Gasteiger partial charge in [0.25, 0.3) is 0 Å². The molecule has 0 aliphatic carbocycles. The van der Waals surface area contributed by atoms with Crippen LogP contribution in [-0.2, 0) is 0 Å². The van der Waals surface area contributed by atoms with Crippen molar-refractivity contribution in [3.8, 4) is 5.88 Å². The van der Waals surface area contributed by atoms with E-state index >= 15 is 0 Å². The summed E-state index contributed by atoms with van der Waals surface area (Å²) in [6.45, 7) is 0. The first-order chi connectivity index (χ1) is 4.18. The fourth-order valence-electron chi connectivity index (χ4n) is 0.558. The number of anilines is 2. The van der Waals surface area contributed by atoms with E-state index < -0.39 is 0 Å². The minimum absolute atomic E-state index is 0.146. The van der Waals surface area contributed by atoms with E-state index in [1.165, 1.54) is 12.1 Å². The fraction of sp³-hybridized carbons (Fsp3) is 0. The van der Waals surface area contributed by atoms with Gasteiger partial charge in [-0.25, -0.2) is 0 Å². The summed E-state index contributed by atoms with van der Waals surface area (Å²) in [6.07, 6.45) is 0. The van der Waals surface area contributed by atoms with Crippen molar-refractivity contribution >= 4 is 11.5 Å². The number of hydrogen-bond acceptors (Lipinski definition) is 4. The van der Waals surface area contributed by atoms with Gasteiger partial charge < -0.3 is 16.6 Å². The van der Waals surface area contributed by atoms with E-state index in [-0.39, 0.29) is 11.7 Å². The van der Waals surface area contributed by atoms with Crippen LogP contribution < -0.4 is 11.5 Å². The number of pyridine rings is 1. The Labute approximate surface area is 52.1 Å². The van der Waals surface area contributed by atoms with Gasteiger partial charge >= 0.3 is 0 Å². The van der Waals surface area contributed by atoms with E-state index in [2.05, 4.69) is 4.98 Å². The monoisotopic (exact) mass is 125 g/mol. The van der Waals surface area contributed by atoms with Crippen molar-refractivity contribution in [2.75, 3.05) is 11.5 Å². The van der Waals surface area contributed by atoms with Crippen LogP contribution in [0.3, 0.4) is 0 Å². The fourth-order valence-corrected chi connectivity index (χ4v) is 0.558. The van der Waals surface area contributed by atoms with Crippen molar-refractivity contribution in [3.05, 3.63) is 12.1 Å². The van der Waals surface area contributed by atoms with Crippen LogP contribution in [0.15, 0.2) is 12.1 Å². The lowest BCUT2D eigenvalue weighted by Crippen LogP contribution is -1.92. The van der Waals surface area contributed by atoms with Gasteiger partial charge in [0.05, 0.1) is 0 Å². The van der Waals surface area contributed by atoms with E-state index in [4.69, 9.17) is 16.6 Å². The normalized spacial score (nSPS) is 9.33. The van der Waals surface area contributed by atoms with Crippen LogP contribution in [-0.4, -0.2) is 10.1 Å². The van der Waals surface area contributed by atoms with Crippen molar-refractivity contribution in [2.45, 2.75) is 0 Å². The first-order valence-electron chi connectivity index (χ1n) is 2.40. The molecule has 4 nitrogen and oxygen atoms in total. The smallest absolute Gasteiger partial charge is 0.214 e. The lowest BCUT2D eigenvalue weighted by atomic mass is 10.4. The molecule has 0 bridgehead atoms. The molecule has 0 aliphatic rings. The van der Waals surface area contributed by atoms with Gasteiger partial charge in [0.1, 0.15) is 5.82 Å². The first-order valence-corrected chi connectivity index (χ1v) is 2.40. The average molecular weight is 125 g/mol. The predicted octanol–water partition coefficient (Wildman–Crippen LogP) is -0.0484. The van der Waals surface area contributed by atoms with Crippen LogP contribution in [0.1, 0.15) is 0 Å². The molecule has 9 heavy (non-hydrogen) atoms. The third-order valence-electron chi connectivity index (χ3n) is 0.854. The molecule has 4 heteroatoms.